The molecule has 0 atom stereocenters. The Morgan fingerprint density at radius 3 is 2.18 bits per heavy atom. The molecule has 0 heterocycles. The highest BCUT2D eigenvalue weighted by Gasteiger charge is 2.17. The molecule has 0 unspecified atom stereocenters. The molecule has 1 aromatic carbocycles. The Labute approximate surface area is 60.5 Å². The fourth-order valence-electron chi connectivity index (χ4n) is 0.650. The van der Waals surface area contributed by atoms with Crippen molar-refractivity contribution < 1.29 is 17.6 Å². The first-order chi connectivity index (χ1) is 5.13. The second-order valence-corrected chi connectivity index (χ2v) is 1.86. The normalized spacial score (nSPS) is 10.6. The van der Waals surface area contributed by atoms with E-state index in [4.69, 9.17) is 0 Å². The zero-order valence-corrected chi connectivity index (χ0v) is 5.24. The van der Waals surface area contributed by atoms with Gasteiger partial charge in [-0.2, -0.15) is 8.78 Å². The van der Waals surface area contributed by atoms with E-state index in [1.54, 1.807) is 0 Å². The molecule has 11 heavy (non-hydrogen) atoms. The highest BCUT2D eigenvalue weighted by atomic mass is 19.3. The van der Waals surface area contributed by atoms with E-state index >= 15 is 0 Å². The van der Waals surface area contributed by atoms with Crippen LogP contribution in [0, 0.1) is 18.1 Å². The third-order valence-corrected chi connectivity index (χ3v) is 1.16. The predicted molar refractivity (Wildman–Crippen MR) is 30.9 cm³/mol. The van der Waals surface area contributed by atoms with Crippen LogP contribution < -0.4 is 0 Å². The van der Waals surface area contributed by atoms with Gasteiger partial charge in [-0.1, -0.05) is 6.07 Å². The molecule has 0 aliphatic heterocycles. The Balaban J connectivity index is 3.17. The molecule has 0 amide bonds. The van der Waals surface area contributed by atoms with Crippen LogP contribution in [0.4, 0.5) is 17.6 Å². The van der Waals surface area contributed by atoms with Gasteiger partial charge < -0.3 is 0 Å². The Bertz CT molecular complexity index is 257. The molecule has 4 heteroatoms. The Morgan fingerprint density at radius 1 is 1.09 bits per heavy atom. The second kappa shape index (κ2) is 2.90. The minimum atomic E-state index is -2.22. The van der Waals surface area contributed by atoms with E-state index in [0.717, 1.165) is 18.2 Å². The maximum Gasteiger partial charge on any atom is 0.342 e. The van der Waals surface area contributed by atoms with E-state index < -0.39 is 23.6 Å². The monoisotopic (exact) mass is 163 g/mol. The summed E-state index contributed by atoms with van der Waals surface area (Å²) >= 11 is 0. The van der Waals surface area contributed by atoms with E-state index in [1.165, 1.54) is 0 Å². The number of halogens is 4. The fraction of sp³-hybridized carbons (Fsp3) is 0. The quantitative estimate of drug-likeness (QED) is 0.558. The van der Waals surface area contributed by atoms with Gasteiger partial charge in [0, 0.05) is 0 Å². The third-order valence-electron chi connectivity index (χ3n) is 1.16. The molecule has 0 nitrogen and oxygen atoms in total. The molecule has 0 saturated carbocycles. The molecular formula is C7H3F4. The fourth-order valence-corrected chi connectivity index (χ4v) is 0.650. The summed E-state index contributed by atoms with van der Waals surface area (Å²) in [5.41, 5.74) is -0.981. The van der Waals surface area contributed by atoms with Crippen LogP contribution in [0.15, 0.2) is 18.2 Å². The molecule has 1 rings (SSSR count). The van der Waals surface area contributed by atoms with E-state index in [1.807, 2.05) is 0 Å². The van der Waals surface area contributed by atoms with Crippen molar-refractivity contribution >= 4 is 0 Å². The topological polar surface area (TPSA) is 0 Å². The first kappa shape index (κ1) is 8.04. The highest BCUT2D eigenvalue weighted by Crippen LogP contribution is 2.21. The summed E-state index contributed by atoms with van der Waals surface area (Å²) in [5, 5.41) is 0. The number of hydrogen-bond donors (Lipinski definition) is 0. The minimum Gasteiger partial charge on any atom is -0.204 e. The molecule has 0 spiro atoms. The average molecular weight is 163 g/mol. The van der Waals surface area contributed by atoms with Crippen LogP contribution in [0.1, 0.15) is 5.56 Å². The average Bonchev–Trinajstić information content (AvgIpc) is 1.94. The molecule has 0 aromatic heterocycles. The standard InChI is InChI=1S/C7H3F4/c8-5-3-1-2-4(6(5)9)7(10)11/h1-3H. The van der Waals surface area contributed by atoms with Crippen molar-refractivity contribution in [2.24, 2.45) is 0 Å². The van der Waals surface area contributed by atoms with Crippen molar-refractivity contribution in [3.05, 3.63) is 41.8 Å². The molecule has 0 saturated heterocycles. The van der Waals surface area contributed by atoms with Gasteiger partial charge in [-0.15, -0.1) is 0 Å². The van der Waals surface area contributed by atoms with Crippen molar-refractivity contribution in [3.8, 4) is 0 Å². The summed E-state index contributed by atoms with van der Waals surface area (Å²) < 4.78 is 48.0. The van der Waals surface area contributed by atoms with E-state index in [0.29, 0.717) is 0 Å². The van der Waals surface area contributed by atoms with Gasteiger partial charge in [0.15, 0.2) is 11.6 Å². The summed E-state index contributed by atoms with van der Waals surface area (Å²) in [5.74, 6) is -2.78. The summed E-state index contributed by atoms with van der Waals surface area (Å²) in [7, 11) is 0. The molecule has 0 N–H and O–H groups in total. The van der Waals surface area contributed by atoms with Gasteiger partial charge in [0.05, 0.1) is 5.56 Å². The molecule has 0 aliphatic carbocycles. The van der Waals surface area contributed by atoms with Crippen LogP contribution in [0.3, 0.4) is 0 Å². The second-order valence-electron chi connectivity index (χ2n) is 1.86. The summed E-state index contributed by atoms with van der Waals surface area (Å²) in [4.78, 5) is 0. The Morgan fingerprint density at radius 2 is 1.73 bits per heavy atom. The van der Waals surface area contributed by atoms with Gasteiger partial charge >= 0.3 is 6.43 Å². The number of benzene rings is 1. The zero-order chi connectivity index (χ0) is 8.43. The lowest BCUT2D eigenvalue weighted by Crippen LogP contribution is -1.93. The molecule has 0 fully saturated rings. The number of hydrogen-bond acceptors (Lipinski definition) is 0. The van der Waals surface area contributed by atoms with Crippen LogP contribution in [0.2, 0.25) is 0 Å². The van der Waals surface area contributed by atoms with Crippen LogP contribution >= 0.6 is 0 Å². The summed E-state index contributed by atoms with van der Waals surface area (Å²) in [6.07, 6.45) is -2.22. The van der Waals surface area contributed by atoms with Crippen molar-refractivity contribution in [2.75, 3.05) is 0 Å². The SMILES string of the molecule is F[C](F)c1cccc(F)c1F. The van der Waals surface area contributed by atoms with Gasteiger partial charge in [0.2, 0.25) is 0 Å². The highest BCUT2D eigenvalue weighted by molar-refractivity contribution is 5.26. The maximum absolute atomic E-state index is 12.4. The smallest absolute Gasteiger partial charge is 0.204 e. The molecule has 0 aliphatic rings. The molecular weight excluding hydrogens is 160 g/mol. The van der Waals surface area contributed by atoms with Crippen LogP contribution in [0.5, 0.6) is 0 Å². The van der Waals surface area contributed by atoms with Gasteiger partial charge in [-0.25, -0.2) is 8.78 Å². The lowest BCUT2D eigenvalue weighted by Gasteiger charge is -1.98. The van der Waals surface area contributed by atoms with Gasteiger partial charge in [0.25, 0.3) is 0 Å². The van der Waals surface area contributed by atoms with Gasteiger partial charge in [0.1, 0.15) is 0 Å². The minimum absolute atomic E-state index is 0.780. The van der Waals surface area contributed by atoms with Crippen LogP contribution in [-0.4, -0.2) is 0 Å². The van der Waals surface area contributed by atoms with Crippen molar-refractivity contribution in [1.82, 2.24) is 0 Å². The Kier molecular flexibility index (Phi) is 2.12. The van der Waals surface area contributed by atoms with Crippen LogP contribution in [-0.2, 0) is 0 Å². The van der Waals surface area contributed by atoms with Crippen LogP contribution in [0.25, 0.3) is 0 Å². The van der Waals surface area contributed by atoms with E-state index in [2.05, 4.69) is 0 Å². The summed E-state index contributed by atoms with van der Waals surface area (Å²) in [6.45, 7) is 0. The molecule has 1 radical (unpaired) electrons. The largest absolute Gasteiger partial charge is 0.342 e. The first-order valence-electron chi connectivity index (χ1n) is 2.75. The van der Waals surface area contributed by atoms with Gasteiger partial charge in [-0.3, -0.25) is 0 Å². The van der Waals surface area contributed by atoms with Crippen molar-refractivity contribution in [1.29, 1.82) is 0 Å². The third kappa shape index (κ3) is 1.50. The van der Waals surface area contributed by atoms with Gasteiger partial charge in [-0.05, 0) is 12.1 Å². The summed E-state index contributed by atoms with van der Waals surface area (Å²) in [6, 6.07) is 2.61. The molecule has 59 valence electrons. The lowest BCUT2D eigenvalue weighted by atomic mass is 10.2. The van der Waals surface area contributed by atoms with Crippen molar-refractivity contribution in [2.45, 2.75) is 0 Å². The first-order valence-corrected chi connectivity index (χ1v) is 2.75. The van der Waals surface area contributed by atoms with E-state index in [9.17, 15) is 17.6 Å². The zero-order valence-electron chi connectivity index (χ0n) is 5.24. The Hall–Kier alpha value is -1.06. The molecule has 0 bridgehead atoms. The van der Waals surface area contributed by atoms with E-state index in [-0.39, 0.29) is 0 Å². The predicted octanol–water partition coefficient (Wildman–Crippen LogP) is 2.74. The van der Waals surface area contributed by atoms with Crippen molar-refractivity contribution in [3.63, 3.8) is 0 Å². The molecule has 1 aromatic rings. The maximum atomic E-state index is 12.4. The lowest BCUT2D eigenvalue weighted by molar-refractivity contribution is 0.314. The number of rotatable bonds is 1.